The van der Waals surface area contributed by atoms with E-state index in [1.807, 2.05) is 0 Å². The minimum Gasteiger partial charge on any atom is -0.465 e. The molecule has 2 rings (SSSR count). The molecule has 4 nitrogen and oxygen atoms in total. The number of methoxy groups -OCH3 is 2. The SMILES string of the molecule is COC(=O)c1ccc(C(c2ccc(C(=O)OC)cc2)(C(F)(F)F)C(F)(F)F)cc1. The van der Waals surface area contributed by atoms with Gasteiger partial charge in [-0.05, 0) is 35.4 Å². The molecule has 0 heterocycles. The van der Waals surface area contributed by atoms with Crippen LogP contribution in [0.25, 0.3) is 0 Å². The van der Waals surface area contributed by atoms with Gasteiger partial charge in [0.15, 0.2) is 0 Å². The van der Waals surface area contributed by atoms with Crippen molar-refractivity contribution in [3.05, 3.63) is 70.8 Å². The molecule has 156 valence electrons. The lowest BCUT2D eigenvalue weighted by molar-refractivity contribution is -0.288. The smallest absolute Gasteiger partial charge is 0.411 e. The van der Waals surface area contributed by atoms with E-state index in [1.54, 1.807) is 0 Å². The van der Waals surface area contributed by atoms with Crippen LogP contribution in [-0.4, -0.2) is 38.5 Å². The molecule has 0 atom stereocenters. The van der Waals surface area contributed by atoms with E-state index in [1.165, 1.54) is 0 Å². The molecule has 10 heteroatoms. The number of hydrogen-bond donors (Lipinski definition) is 0. The van der Waals surface area contributed by atoms with Gasteiger partial charge in [0, 0.05) is 0 Å². The van der Waals surface area contributed by atoms with Crippen LogP contribution in [0.5, 0.6) is 0 Å². The van der Waals surface area contributed by atoms with Crippen LogP contribution in [0.2, 0.25) is 0 Å². The summed E-state index contributed by atoms with van der Waals surface area (Å²) in [6.07, 6.45) is -11.6. The van der Waals surface area contributed by atoms with Crippen molar-refractivity contribution in [1.29, 1.82) is 0 Å². The van der Waals surface area contributed by atoms with Crippen LogP contribution in [0.1, 0.15) is 31.8 Å². The maximum atomic E-state index is 14.0. The molecule has 0 aliphatic heterocycles. The van der Waals surface area contributed by atoms with E-state index in [2.05, 4.69) is 9.47 Å². The van der Waals surface area contributed by atoms with Crippen molar-refractivity contribution in [3.8, 4) is 0 Å². The van der Waals surface area contributed by atoms with Crippen LogP contribution in [-0.2, 0) is 14.9 Å². The largest absolute Gasteiger partial charge is 0.465 e. The first-order valence-electron chi connectivity index (χ1n) is 7.91. The third-order valence-electron chi connectivity index (χ3n) is 4.33. The zero-order valence-electron chi connectivity index (χ0n) is 15.0. The Morgan fingerprint density at radius 2 is 0.897 bits per heavy atom. The van der Waals surface area contributed by atoms with Gasteiger partial charge in [0.05, 0.1) is 25.3 Å². The number of carbonyl (C=O) groups is 2. The van der Waals surface area contributed by atoms with Gasteiger partial charge in [0.25, 0.3) is 0 Å². The molecule has 0 amide bonds. The molecule has 0 fully saturated rings. The van der Waals surface area contributed by atoms with Crippen LogP contribution in [0, 0.1) is 0 Å². The Hall–Kier alpha value is -3.04. The number of carbonyl (C=O) groups excluding carboxylic acids is 2. The summed E-state index contributed by atoms with van der Waals surface area (Å²) >= 11 is 0. The summed E-state index contributed by atoms with van der Waals surface area (Å²) in [6, 6.07) is 5.55. The highest BCUT2D eigenvalue weighted by molar-refractivity contribution is 5.90. The number of esters is 2. The molecule has 2 aromatic carbocycles. The zero-order valence-corrected chi connectivity index (χ0v) is 15.0. The van der Waals surface area contributed by atoms with E-state index < -0.39 is 40.8 Å². The molecular weight excluding hydrogens is 406 g/mol. The lowest BCUT2D eigenvalue weighted by atomic mass is 9.72. The second kappa shape index (κ2) is 7.76. The van der Waals surface area contributed by atoms with Crippen molar-refractivity contribution < 1.29 is 45.4 Å². The Bertz CT molecular complexity index is 807. The van der Waals surface area contributed by atoms with Gasteiger partial charge in [0.1, 0.15) is 0 Å². The fraction of sp³-hybridized carbons (Fsp3) is 0.263. The summed E-state index contributed by atoms with van der Waals surface area (Å²) < 4.78 is 92.7. The highest BCUT2D eigenvalue weighted by Gasteiger charge is 2.72. The number of hydrogen-bond acceptors (Lipinski definition) is 4. The van der Waals surface area contributed by atoms with Gasteiger partial charge in [-0.15, -0.1) is 0 Å². The van der Waals surface area contributed by atoms with Crippen molar-refractivity contribution >= 4 is 11.9 Å². The minimum atomic E-state index is -5.79. The lowest BCUT2D eigenvalue weighted by Crippen LogP contribution is -2.54. The second-order valence-electron chi connectivity index (χ2n) is 5.88. The van der Waals surface area contributed by atoms with Gasteiger partial charge in [0.2, 0.25) is 5.41 Å². The highest BCUT2D eigenvalue weighted by Crippen LogP contribution is 2.56. The zero-order chi connectivity index (χ0) is 22.0. The first-order chi connectivity index (χ1) is 13.4. The number of halogens is 6. The molecule has 0 aliphatic rings. The standard InChI is InChI=1S/C19H14F6O4/c1-28-15(26)11-3-7-13(8-4-11)17(18(20,21)22,19(23,24)25)14-9-5-12(6-10-14)16(27)29-2/h3-10H,1-2H3. The van der Waals surface area contributed by atoms with Crippen LogP contribution in [0.4, 0.5) is 26.3 Å². The number of ether oxygens (including phenoxy) is 2. The quantitative estimate of drug-likeness (QED) is 0.533. The third-order valence-corrected chi connectivity index (χ3v) is 4.33. The van der Waals surface area contributed by atoms with Crippen molar-refractivity contribution in [2.24, 2.45) is 0 Å². The average molecular weight is 420 g/mol. The van der Waals surface area contributed by atoms with E-state index in [0.29, 0.717) is 24.3 Å². The molecule has 0 spiro atoms. The average Bonchev–Trinajstić information content (AvgIpc) is 2.66. The Labute approximate surface area is 161 Å². The van der Waals surface area contributed by atoms with Crippen molar-refractivity contribution in [2.45, 2.75) is 17.8 Å². The van der Waals surface area contributed by atoms with Gasteiger partial charge in [-0.25, -0.2) is 9.59 Å². The maximum Gasteiger partial charge on any atom is 0.411 e. The first-order valence-corrected chi connectivity index (χ1v) is 7.91. The van der Waals surface area contributed by atoms with Crippen molar-refractivity contribution in [1.82, 2.24) is 0 Å². The molecule has 29 heavy (non-hydrogen) atoms. The molecule has 0 radical (unpaired) electrons. The number of rotatable bonds is 4. The van der Waals surface area contributed by atoms with Crippen LogP contribution >= 0.6 is 0 Å². The summed E-state index contributed by atoms with van der Waals surface area (Å²) in [5, 5.41) is 0. The van der Waals surface area contributed by atoms with E-state index >= 15 is 0 Å². The molecule has 0 saturated heterocycles. The number of benzene rings is 2. The van der Waals surface area contributed by atoms with Crippen LogP contribution in [0.15, 0.2) is 48.5 Å². The Kier molecular flexibility index (Phi) is 5.96. The molecule has 0 saturated carbocycles. The van der Waals surface area contributed by atoms with Gasteiger partial charge in [-0.3, -0.25) is 0 Å². The molecule has 0 aromatic heterocycles. The highest BCUT2D eigenvalue weighted by atomic mass is 19.4. The minimum absolute atomic E-state index is 0.212. The van der Waals surface area contributed by atoms with Gasteiger partial charge < -0.3 is 9.47 Å². The summed E-state index contributed by atoms with van der Waals surface area (Å²) in [5.74, 6) is -1.83. The topological polar surface area (TPSA) is 52.6 Å². The summed E-state index contributed by atoms with van der Waals surface area (Å²) in [5.41, 5.74) is -7.10. The molecule has 0 N–H and O–H groups in total. The van der Waals surface area contributed by atoms with Crippen LogP contribution in [0.3, 0.4) is 0 Å². The van der Waals surface area contributed by atoms with Gasteiger partial charge in [-0.2, -0.15) is 26.3 Å². The Morgan fingerprint density at radius 3 is 1.10 bits per heavy atom. The predicted octanol–water partition coefficient (Wildman–Crippen LogP) is 4.67. The summed E-state index contributed by atoms with van der Waals surface area (Å²) in [7, 11) is 2.05. The van der Waals surface area contributed by atoms with E-state index in [0.717, 1.165) is 38.5 Å². The molecule has 0 unspecified atom stereocenters. The summed E-state index contributed by atoms with van der Waals surface area (Å²) in [6.45, 7) is 0. The van der Waals surface area contributed by atoms with E-state index in [9.17, 15) is 35.9 Å². The molecule has 2 aromatic rings. The monoisotopic (exact) mass is 420 g/mol. The van der Waals surface area contributed by atoms with Gasteiger partial charge in [-0.1, -0.05) is 24.3 Å². The maximum absolute atomic E-state index is 14.0. The lowest BCUT2D eigenvalue weighted by Gasteiger charge is -2.38. The molecular formula is C19H14F6O4. The van der Waals surface area contributed by atoms with E-state index in [-0.39, 0.29) is 11.1 Å². The van der Waals surface area contributed by atoms with E-state index in [4.69, 9.17) is 0 Å². The second-order valence-corrected chi connectivity index (χ2v) is 5.88. The predicted molar refractivity (Wildman–Crippen MR) is 88.5 cm³/mol. The summed E-state index contributed by atoms with van der Waals surface area (Å²) in [4.78, 5) is 22.9. The molecule has 0 aliphatic carbocycles. The van der Waals surface area contributed by atoms with Crippen LogP contribution < -0.4 is 0 Å². The normalized spacial score (nSPS) is 12.4. The third kappa shape index (κ3) is 3.79. The Morgan fingerprint density at radius 1 is 0.621 bits per heavy atom. The van der Waals surface area contributed by atoms with Crippen molar-refractivity contribution in [2.75, 3.05) is 14.2 Å². The fourth-order valence-corrected chi connectivity index (χ4v) is 2.93. The number of alkyl halides is 6. The first kappa shape index (κ1) is 22.3. The fourth-order valence-electron chi connectivity index (χ4n) is 2.93. The van der Waals surface area contributed by atoms with Gasteiger partial charge >= 0.3 is 24.3 Å². The van der Waals surface area contributed by atoms with Crippen molar-refractivity contribution in [3.63, 3.8) is 0 Å². The Balaban J connectivity index is 2.76. The molecule has 0 bridgehead atoms.